The molecule has 0 aromatic rings. The predicted molar refractivity (Wildman–Crippen MR) is 96.3 cm³/mol. The lowest BCUT2D eigenvalue weighted by Gasteiger charge is -2.18. The van der Waals surface area contributed by atoms with E-state index in [0.29, 0.717) is 0 Å². The third-order valence-corrected chi connectivity index (χ3v) is 4.49. The van der Waals surface area contributed by atoms with Crippen LogP contribution in [-0.4, -0.2) is 18.0 Å². The van der Waals surface area contributed by atoms with Crippen LogP contribution in [0.1, 0.15) is 70.6 Å². The smallest absolute Gasteiger partial charge is 0.424 e. The molecule has 1 heterocycles. The van der Waals surface area contributed by atoms with Crippen LogP contribution in [0.3, 0.4) is 0 Å². The minimum absolute atomic E-state index is 0.185. The fourth-order valence-electron chi connectivity index (χ4n) is 3.09. The highest BCUT2D eigenvalue weighted by molar-refractivity contribution is 6.30. The molecule has 0 unspecified atom stereocenters. The minimum Gasteiger partial charge on any atom is -0.454 e. The predicted octanol–water partition coefficient (Wildman–Crippen LogP) is 4.26. The lowest BCUT2D eigenvalue weighted by atomic mass is 9.99. The summed E-state index contributed by atoms with van der Waals surface area (Å²) in [5.74, 6) is -1.67. The first-order valence-electron chi connectivity index (χ1n) is 9.48. The van der Waals surface area contributed by atoms with Gasteiger partial charge in [-0.05, 0) is 37.8 Å². The number of allylic oxidation sites excluding steroid dienone is 4. The molecule has 1 saturated carbocycles. The van der Waals surface area contributed by atoms with Crippen molar-refractivity contribution in [1.82, 2.24) is 5.32 Å². The van der Waals surface area contributed by atoms with E-state index >= 15 is 0 Å². The number of hydrogen-bond donors (Lipinski definition) is 1. The van der Waals surface area contributed by atoms with Gasteiger partial charge in [0.25, 0.3) is 0 Å². The third-order valence-electron chi connectivity index (χ3n) is 4.49. The van der Waals surface area contributed by atoms with Crippen LogP contribution in [0.5, 0.6) is 0 Å². The summed E-state index contributed by atoms with van der Waals surface area (Å²) in [7, 11) is 0. The van der Waals surface area contributed by atoms with E-state index in [2.05, 4.69) is 5.32 Å². The minimum atomic E-state index is -0.978. The monoisotopic (exact) mass is 347 g/mol. The Morgan fingerprint density at radius 3 is 2.04 bits per heavy atom. The maximum Gasteiger partial charge on any atom is 0.424 e. The second-order valence-electron chi connectivity index (χ2n) is 6.60. The quantitative estimate of drug-likeness (QED) is 0.597. The van der Waals surface area contributed by atoms with Crippen molar-refractivity contribution in [1.29, 1.82) is 0 Å². The molecule has 0 spiro atoms. The van der Waals surface area contributed by atoms with Crippen molar-refractivity contribution in [3.8, 4) is 0 Å². The van der Waals surface area contributed by atoms with E-state index in [1.807, 2.05) is 0 Å². The van der Waals surface area contributed by atoms with Crippen LogP contribution in [0, 0.1) is 0 Å². The van der Waals surface area contributed by atoms with E-state index < -0.39 is 11.9 Å². The highest BCUT2D eigenvalue weighted by atomic mass is 16.6. The number of hydrogen-bond acceptors (Lipinski definition) is 5. The van der Waals surface area contributed by atoms with Gasteiger partial charge in [-0.15, -0.1) is 0 Å². The average Bonchev–Trinajstić information content (AvgIpc) is 2.86. The van der Waals surface area contributed by atoms with Gasteiger partial charge in [-0.2, -0.15) is 0 Å². The molecular weight excluding hydrogens is 318 g/mol. The van der Waals surface area contributed by atoms with Crippen molar-refractivity contribution < 1.29 is 19.1 Å². The van der Waals surface area contributed by atoms with Gasteiger partial charge in [0.2, 0.25) is 5.88 Å². The lowest BCUT2D eigenvalue weighted by Crippen LogP contribution is -2.27. The summed E-state index contributed by atoms with van der Waals surface area (Å²) in [5.41, 5.74) is 0. The molecule has 1 aliphatic heterocycles. The normalized spacial score (nSPS) is 20.2. The van der Waals surface area contributed by atoms with E-state index in [4.69, 9.17) is 9.47 Å². The zero-order chi connectivity index (χ0) is 17.7. The van der Waals surface area contributed by atoms with Gasteiger partial charge < -0.3 is 14.8 Å². The number of rotatable bonds is 2. The van der Waals surface area contributed by atoms with Crippen LogP contribution in [0.15, 0.2) is 36.4 Å². The van der Waals surface area contributed by atoms with Gasteiger partial charge in [0, 0.05) is 6.20 Å². The number of nitrogens with one attached hydrogen (secondary N) is 1. The van der Waals surface area contributed by atoms with Crippen molar-refractivity contribution in [3.63, 3.8) is 0 Å². The molecule has 0 aromatic heterocycles. The molecule has 25 heavy (non-hydrogen) atoms. The Bertz CT molecular complexity index is 510. The fourth-order valence-corrected chi connectivity index (χ4v) is 3.09. The zero-order valence-corrected chi connectivity index (χ0v) is 14.9. The van der Waals surface area contributed by atoms with Crippen LogP contribution in [0.2, 0.25) is 0 Å². The van der Waals surface area contributed by atoms with Gasteiger partial charge in [0.1, 0.15) is 6.10 Å². The molecule has 0 aromatic carbocycles. The van der Waals surface area contributed by atoms with E-state index in [0.717, 1.165) is 38.5 Å². The van der Waals surface area contributed by atoms with Crippen LogP contribution >= 0.6 is 0 Å². The second kappa shape index (κ2) is 11.5. The maximum atomic E-state index is 12.1. The van der Waals surface area contributed by atoms with Gasteiger partial charge in [-0.1, -0.05) is 57.1 Å². The van der Waals surface area contributed by atoms with Gasteiger partial charge in [-0.3, -0.25) is 0 Å². The molecule has 0 atom stereocenters. The van der Waals surface area contributed by atoms with Crippen molar-refractivity contribution in [2.24, 2.45) is 0 Å². The van der Waals surface area contributed by atoms with Gasteiger partial charge in [0.15, 0.2) is 0 Å². The van der Waals surface area contributed by atoms with Crippen molar-refractivity contribution >= 4 is 11.9 Å². The summed E-state index contributed by atoms with van der Waals surface area (Å²) in [4.78, 5) is 24.0. The highest BCUT2D eigenvalue weighted by Gasteiger charge is 2.23. The van der Waals surface area contributed by atoms with E-state index in [1.165, 1.54) is 32.1 Å². The number of esters is 2. The highest BCUT2D eigenvalue weighted by Crippen LogP contribution is 2.19. The first kappa shape index (κ1) is 19.3. The molecule has 0 saturated heterocycles. The van der Waals surface area contributed by atoms with Crippen molar-refractivity contribution in [3.05, 3.63) is 36.4 Å². The zero-order valence-electron chi connectivity index (χ0n) is 14.9. The summed E-state index contributed by atoms with van der Waals surface area (Å²) in [6, 6.07) is 0. The van der Waals surface area contributed by atoms with E-state index in [9.17, 15) is 9.59 Å². The Hall–Kier alpha value is -2.04. The third kappa shape index (κ3) is 8.05. The molecule has 138 valence electrons. The summed E-state index contributed by atoms with van der Waals surface area (Å²) in [6.07, 6.45) is 20.7. The molecule has 5 heteroatoms. The molecule has 2 aliphatic rings. The first-order valence-corrected chi connectivity index (χ1v) is 9.48. The Morgan fingerprint density at radius 2 is 1.40 bits per heavy atom. The summed E-state index contributed by atoms with van der Waals surface area (Å²) in [5, 5.41) is 2.78. The Labute approximate surface area is 150 Å². The fraction of sp³-hybridized carbons (Fsp3) is 0.600. The molecule has 0 bridgehead atoms. The topological polar surface area (TPSA) is 64.6 Å². The van der Waals surface area contributed by atoms with Gasteiger partial charge in [0.05, 0.1) is 0 Å². The Balaban J connectivity index is 1.80. The Kier molecular flexibility index (Phi) is 8.87. The number of ether oxygens (including phenoxy) is 2. The van der Waals surface area contributed by atoms with Gasteiger partial charge in [-0.25, -0.2) is 9.59 Å². The van der Waals surface area contributed by atoms with Crippen LogP contribution in [0.25, 0.3) is 0 Å². The first-order chi connectivity index (χ1) is 12.3. The second-order valence-corrected chi connectivity index (χ2v) is 6.60. The molecular formula is C20H29NO4. The molecule has 2 rings (SSSR count). The van der Waals surface area contributed by atoms with E-state index in [-0.39, 0.29) is 12.0 Å². The maximum absolute atomic E-state index is 12.1. The summed E-state index contributed by atoms with van der Waals surface area (Å²) >= 11 is 0. The van der Waals surface area contributed by atoms with E-state index in [1.54, 1.807) is 30.5 Å². The average molecular weight is 347 g/mol. The lowest BCUT2D eigenvalue weighted by molar-refractivity contribution is -0.169. The largest absolute Gasteiger partial charge is 0.454 e. The molecule has 5 nitrogen and oxygen atoms in total. The summed E-state index contributed by atoms with van der Waals surface area (Å²) in [6.45, 7) is 0. The standard InChI is InChI=1S/C20H29NO4/c22-19(20(23)25-18-15-11-8-12-16-21-18)24-17-13-9-6-4-2-1-3-5-7-10-14-17/h8,11-12,15-17,21H,1-7,9-10,13-14H2. The van der Waals surface area contributed by atoms with Crippen LogP contribution in [-0.2, 0) is 19.1 Å². The Morgan fingerprint density at radius 1 is 0.800 bits per heavy atom. The number of carbonyl (C=O) groups is 2. The molecule has 1 aliphatic carbocycles. The van der Waals surface area contributed by atoms with Crippen LogP contribution in [0.4, 0.5) is 0 Å². The number of carbonyl (C=O) groups excluding carboxylic acids is 2. The molecule has 1 N–H and O–H groups in total. The molecule has 0 radical (unpaired) electrons. The van der Waals surface area contributed by atoms with Crippen molar-refractivity contribution in [2.75, 3.05) is 0 Å². The molecule has 0 amide bonds. The van der Waals surface area contributed by atoms with Crippen molar-refractivity contribution in [2.45, 2.75) is 76.7 Å². The summed E-state index contributed by atoms with van der Waals surface area (Å²) < 4.78 is 10.5. The molecule has 1 fully saturated rings. The van der Waals surface area contributed by atoms with Crippen LogP contribution < -0.4 is 5.32 Å². The van der Waals surface area contributed by atoms with Gasteiger partial charge >= 0.3 is 11.9 Å². The SMILES string of the molecule is O=C(OC1=CC=CC=CN1)C(=O)OC1CCCCCCCCCCC1.